The molecular formula is C10H19NO2. The summed E-state index contributed by atoms with van der Waals surface area (Å²) in [5.74, 6) is 1.25. The van der Waals surface area contributed by atoms with Gasteiger partial charge in [0.15, 0.2) is 0 Å². The number of piperidine rings is 1. The minimum Gasteiger partial charge on any atom is -0.396 e. The van der Waals surface area contributed by atoms with Crippen molar-refractivity contribution in [1.82, 2.24) is 5.32 Å². The van der Waals surface area contributed by atoms with Crippen LogP contribution in [-0.2, 0) is 4.79 Å². The van der Waals surface area contributed by atoms with Gasteiger partial charge in [0, 0.05) is 19.6 Å². The van der Waals surface area contributed by atoms with Gasteiger partial charge in [-0.25, -0.2) is 0 Å². The molecule has 3 nitrogen and oxygen atoms in total. The number of hydrogen-bond acceptors (Lipinski definition) is 2. The second-order valence-electron chi connectivity index (χ2n) is 4.19. The lowest BCUT2D eigenvalue weighted by molar-refractivity contribution is -0.124. The number of rotatable bonds is 3. The van der Waals surface area contributed by atoms with Crippen LogP contribution in [0.3, 0.4) is 0 Å². The standard InChI is InChI=1S/C10H19NO2/c1-7(2)9(6-12)8-3-4-11-10(13)5-8/h7-9,12H,3-6H2,1-2H3,(H,11,13). The summed E-state index contributed by atoms with van der Waals surface area (Å²) in [6.45, 7) is 5.18. The van der Waals surface area contributed by atoms with Crippen LogP contribution in [-0.4, -0.2) is 24.2 Å². The van der Waals surface area contributed by atoms with Crippen molar-refractivity contribution < 1.29 is 9.90 Å². The molecule has 1 fully saturated rings. The Morgan fingerprint density at radius 2 is 2.31 bits per heavy atom. The van der Waals surface area contributed by atoms with Crippen molar-refractivity contribution in [2.45, 2.75) is 26.7 Å². The average Bonchev–Trinajstić information content (AvgIpc) is 2.04. The lowest BCUT2D eigenvalue weighted by Gasteiger charge is -2.31. The number of nitrogens with one attached hydrogen (secondary N) is 1. The summed E-state index contributed by atoms with van der Waals surface area (Å²) in [7, 11) is 0. The van der Waals surface area contributed by atoms with Crippen LogP contribution in [0.5, 0.6) is 0 Å². The van der Waals surface area contributed by atoms with E-state index in [1.165, 1.54) is 0 Å². The number of aliphatic hydroxyl groups is 1. The summed E-state index contributed by atoms with van der Waals surface area (Å²) >= 11 is 0. The van der Waals surface area contributed by atoms with E-state index >= 15 is 0 Å². The van der Waals surface area contributed by atoms with Crippen LogP contribution in [0.2, 0.25) is 0 Å². The molecule has 3 heteroatoms. The topological polar surface area (TPSA) is 49.3 Å². The fraction of sp³-hybridized carbons (Fsp3) is 0.900. The molecule has 0 aromatic heterocycles. The van der Waals surface area contributed by atoms with Crippen molar-refractivity contribution in [3.63, 3.8) is 0 Å². The maximum atomic E-state index is 11.1. The van der Waals surface area contributed by atoms with E-state index in [0.29, 0.717) is 18.3 Å². The third kappa shape index (κ3) is 2.69. The molecule has 0 saturated carbocycles. The van der Waals surface area contributed by atoms with E-state index in [0.717, 1.165) is 13.0 Å². The van der Waals surface area contributed by atoms with Crippen molar-refractivity contribution in [1.29, 1.82) is 0 Å². The highest BCUT2D eigenvalue weighted by molar-refractivity contribution is 5.76. The van der Waals surface area contributed by atoms with Crippen LogP contribution >= 0.6 is 0 Å². The molecule has 13 heavy (non-hydrogen) atoms. The zero-order chi connectivity index (χ0) is 9.84. The van der Waals surface area contributed by atoms with Crippen molar-refractivity contribution in [3.05, 3.63) is 0 Å². The van der Waals surface area contributed by atoms with Gasteiger partial charge in [-0.15, -0.1) is 0 Å². The van der Waals surface area contributed by atoms with E-state index in [1.807, 2.05) is 0 Å². The Morgan fingerprint density at radius 1 is 1.62 bits per heavy atom. The molecule has 0 bridgehead atoms. The molecule has 1 aliphatic heterocycles. The van der Waals surface area contributed by atoms with Gasteiger partial charge in [-0.2, -0.15) is 0 Å². The molecule has 0 spiro atoms. The summed E-state index contributed by atoms with van der Waals surface area (Å²) < 4.78 is 0. The molecule has 1 amide bonds. The van der Waals surface area contributed by atoms with Crippen LogP contribution in [0.4, 0.5) is 0 Å². The van der Waals surface area contributed by atoms with E-state index in [2.05, 4.69) is 19.2 Å². The zero-order valence-electron chi connectivity index (χ0n) is 8.42. The van der Waals surface area contributed by atoms with Gasteiger partial charge in [0.05, 0.1) is 0 Å². The summed E-state index contributed by atoms with van der Waals surface area (Å²) in [4.78, 5) is 11.1. The lowest BCUT2D eigenvalue weighted by Crippen LogP contribution is -2.38. The van der Waals surface area contributed by atoms with E-state index in [4.69, 9.17) is 0 Å². The first-order valence-corrected chi connectivity index (χ1v) is 5.02. The second kappa shape index (κ2) is 4.61. The normalized spacial score (nSPS) is 25.8. The molecule has 0 aromatic rings. The molecule has 0 aromatic carbocycles. The first-order valence-electron chi connectivity index (χ1n) is 5.02. The lowest BCUT2D eigenvalue weighted by atomic mass is 9.79. The number of aliphatic hydroxyl groups excluding tert-OH is 1. The molecule has 2 atom stereocenters. The summed E-state index contributed by atoms with van der Waals surface area (Å²) in [6.07, 6.45) is 1.60. The van der Waals surface area contributed by atoms with Gasteiger partial charge >= 0.3 is 0 Å². The molecule has 1 aliphatic rings. The molecule has 1 heterocycles. The predicted molar refractivity (Wildman–Crippen MR) is 51.1 cm³/mol. The van der Waals surface area contributed by atoms with Gasteiger partial charge in [-0.05, 0) is 24.2 Å². The van der Waals surface area contributed by atoms with E-state index < -0.39 is 0 Å². The van der Waals surface area contributed by atoms with Crippen molar-refractivity contribution >= 4 is 5.91 Å². The van der Waals surface area contributed by atoms with E-state index in [9.17, 15) is 9.90 Å². The Kier molecular flexibility index (Phi) is 3.72. The predicted octanol–water partition coefficient (Wildman–Crippen LogP) is 0.777. The van der Waals surface area contributed by atoms with Crippen molar-refractivity contribution in [3.8, 4) is 0 Å². The molecule has 1 rings (SSSR count). The maximum absolute atomic E-state index is 11.1. The van der Waals surface area contributed by atoms with Gasteiger partial charge in [-0.3, -0.25) is 4.79 Å². The molecule has 1 saturated heterocycles. The van der Waals surface area contributed by atoms with Crippen LogP contribution in [0, 0.1) is 17.8 Å². The van der Waals surface area contributed by atoms with Crippen molar-refractivity contribution in [2.75, 3.05) is 13.2 Å². The molecule has 76 valence electrons. The Labute approximate surface area is 79.5 Å². The van der Waals surface area contributed by atoms with Gasteiger partial charge in [0.2, 0.25) is 5.91 Å². The molecule has 0 aliphatic carbocycles. The first-order chi connectivity index (χ1) is 6.15. The first kappa shape index (κ1) is 10.5. The van der Waals surface area contributed by atoms with Crippen LogP contribution in [0.15, 0.2) is 0 Å². The van der Waals surface area contributed by atoms with Gasteiger partial charge in [0.1, 0.15) is 0 Å². The fourth-order valence-corrected chi connectivity index (χ4v) is 2.08. The highest BCUT2D eigenvalue weighted by Crippen LogP contribution is 2.27. The Balaban J connectivity index is 2.52. The largest absolute Gasteiger partial charge is 0.396 e. The summed E-state index contributed by atoms with van der Waals surface area (Å²) in [6, 6.07) is 0. The van der Waals surface area contributed by atoms with E-state index in [1.54, 1.807) is 0 Å². The highest BCUT2D eigenvalue weighted by Gasteiger charge is 2.28. The molecule has 2 N–H and O–H groups in total. The van der Waals surface area contributed by atoms with Gasteiger partial charge in [0.25, 0.3) is 0 Å². The summed E-state index contributed by atoms with van der Waals surface area (Å²) in [5.41, 5.74) is 0. The minimum atomic E-state index is 0.135. The molecular weight excluding hydrogens is 166 g/mol. The quantitative estimate of drug-likeness (QED) is 0.682. The smallest absolute Gasteiger partial charge is 0.220 e. The van der Waals surface area contributed by atoms with Crippen LogP contribution in [0.1, 0.15) is 26.7 Å². The minimum absolute atomic E-state index is 0.135. The van der Waals surface area contributed by atoms with E-state index in [-0.39, 0.29) is 18.4 Å². The van der Waals surface area contributed by atoms with Crippen LogP contribution < -0.4 is 5.32 Å². The van der Waals surface area contributed by atoms with Crippen LogP contribution in [0.25, 0.3) is 0 Å². The average molecular weight is 185 g/mol. The van der Waals surface area contributed by atoms with Crippen molar-refractivity contribution in [2.24, 2.45) is 17.8 Å². The monoisotopic (exact) mass is 185 g/mol. The number of amides is 1. The molecule has 2 unspecified atom stereocenters. The summed E-state index contributed by atoms with van der Waals surface area (Å²) in [5, 5.41) is 12.0. The highest BCUT2D eigenvalue weighted by atomic mass is 16.3. The third-order valence-electron chi connectivity index (χ3n) is 2.96. The second-order valence-corrected chi connectivity index (χ2v) is 4.19. The fourth-order valence-electron chi connectivity index (χ4n) is 2.08. The Morgan fingerprint density at radius 3 is 2.77 bits per heavy atom. The Hall–Kier alpha value is -0.570. The number of hydrogen-bond donors (Lipinski definition) is 2. The Bertz CT molecular complexity index is 180. The number of carbonyl (C=O) groups excluding carboxylic acids is 1. The maximum Gasteiger partial charge on any atom is 0.220 e. The van der Waals surface area contributed by atoms with Gasteiger partial charge < -0.3 is 10.4 Å². The van der Waals surface area contributed by atoms with Gasteiger partial charge in [-0.1, -0.05) is 13.8 Å². The molecule has 0 radical (unpaired) electrons. The third-order valence-corrected chi connectivity index (χ3v) is 2.96. The zero-order valence-corrected chi connectivity index (χ0v) is 8.42. The number of carbonyl (C=O) groups is 1. The SMILES string of the molecule is CC(C)C(CO)C1CCNC(=O)C1.